The highest BCUT2D eigenvalue weighted by atomic mass is 16.4. The van der Waals surface area contributed by atoms with Crippen LogP contribution in [0, 0.1) is 6.92 Å². The van der Waals surface area contributed by atoms with E-state index < -0.39 is 5.97 Å². The molecule has 0 spiro atoms. The quantitative estimate of drug-likeness (QED) is 0.879. The maximum atomic E-state index is 10.8. The Labute approximate surface area is 142 Å². The van der Waals surface area contributed by atoms with Crippen molar-refractivity contribution in [2.24, 2.45) is 0 Å². The van der Waals surface area contributed by atoms with Crippen LogP contribution in [0.2, 0.25) is 0 Å². The van der Waals surface area contributed by atoms with Crippen LogP contribution in [0.4, 0.5) is 0 Å². The summed E-state index contributed by atoms with van der Waals surface area (Å²) in [5.74, 6) is -0.472. The number of aliphatic carboxylic acids is 1. The van der Waals surface area contributed by atoms with E-state index in [2.05, 4.69) is 27.1 Å². The van der Waals surface area contributed by atoms with Crippen LogP contribution in [-0.2, 0) is 17.8 Å². The zero-order valence-electron chi connectivity index (χ0n) is 14.1. The van der Waals surface area contributed by atoms with E-state index in [1.54, 1.807) is 6.20 Å². The molecule has 3 heterocycles. The van der Waals surface area contributed by atoms with Crippen LogP contribution < -0.4 is 0 Å². The highest BCUT2D eigenvalue weighted by Crippen LogP contribution is 2.25. The third-order valence-corrected chi connectivity index (χ3v) is 4.51. The number of carboxylic acids is 1. The summed E-state index contributed by atoms with van der Waals surface area (Å²) in [6.07, 6.45) is 4.99. The summed E-state index contributed by atoms with van der Waals surface area (Å²) in [7, 11) is 0. The summed E-state index contributed by atoms with van der Waals surface area (Å²) in [5, 5.41) is 13.3. The molecule has 2 aromatic rings. The Kier molecular flexibility index (Phi) is 5.25. The first kappa shape index (κ1) is 16.6. The van der Waals surface area contributed by atoms with Gasteiger partial charge in [0.1, 0.15) is 6.54 Å². The Morgan fingerprint density at radius 3 is 3.04 bits per heavy atom. The van der Waals surface area contributed by atoms with E-state index in [1.165, 1.54) is 4.68 Å². The lowest BCUT2D eigenvalue weighted by molar-refractivity contribution is -0.137. The average molecular weight is 328 g/mol. The summed E-state index contributed by atoms with van der Waals surface area (Å²) in [4.78, 5) is 17.8. The molecule has 2 aromatic heterocycles. The van der Waals surface area contributed by atoms with Gasteiger partial charge in [-0.05, 0) is 44.5 Å². The normalized spacial score (nSPS) is 18.6. The average Bonchev–Trinajstić information content (AvgIpc) is 3.01. The van der Waals surface area contributed by atoms with Gasteiger partial charge in [-0.1, -0.05) is 6.07 Å². The lowest BCUT2D eigenvalue weighted by Gasteiger charge is -2.31. The van der Waals surface area contributed by atoms with Crippen LogP contribution >= 0.6 is 0 Å². The fourth-order valence-corrected chi connectivity index (χ4v) is 3.33. The molecule has 1 N–H and O–H groups in total. The molecule has 0 radical (unpaired) electrons. The van der Waals surface area contributed by atoms with E-state index >= 15 is 0 Å². The molecule has 0 saturated carbocycles. The van der Waals surface area contributed by atoms with Gasteiger partial charge in [0.2, 0.25) is 0 Å². The van der Waals surface area contributed by atoms with Crippen molar-refractivity contribution < 1.29 is 9.90 Å². The number of aromatic nitrogens is 3. The first-order chi connectivity index (χ1) is 11.6. The molecule has 0 bridgehead atoms. The number of hydrogen-bond acceptors (Lipinski definition) is 4. The van der Waals surface area contributed by atoms with Gasteiger partial charge < -0.3 is 10.0 Å². The number of pyridine rings is 1. The van der Waals surface area contributed by atoms with Crippen molar-refractivity contribution in [3.8, 4) is 0 Å². The van der Waals surface area contributed by atoms with Gasteiger partial charge in [-0.3, -0.25) is 14.5 Å². The van der Waals surface area contributed by atoms with Crippen molar-refractivity contribution in [3.05, 3.63) is 47.5 Å². The number of likely N-dealkylation sites (tertiary alicyclic amines) is 1. The van der Waals surface area contributed by atoms with Crippen molar-refractivity contribution in [3.63, 3.8) is 0 Å². The standard InChI is InChI=1S/C18H24N4O2/c1-14-4-2-6-16(19-14)7-10-21-9-3-5-15(12-21)17-8-11-22(20-17)13-18(23)24/h2,4,6,8,11,15H,3,5,7,9-10,12-13H2,1H3,(H,23,24)/t15-/m0/s1. The summed E-state index contributed by atoms with van der Waals surface area (Å²) in [5.41, 5.74) is 3.21. The fraction of sp³-hybridized carbons (Fsp3) is 0.500. The number of hydrogen-bond donors (Lipinski definition) is 1. The number of rotatable bonds is 6. The van der Waals surface area contributed by atoms with Crippen LogP contribution in [0.3, 0.4) is 0 Å². The number of nitrogens with zero attached hydrogens (tertiary/aromatic N) is 4. The zero-order chi connectivity index (χ0) is 16.9. The van der Waals surface area contributed by atoms with Gasteiger partial charge >= 0.3 is 5.97 Å². The maximum Gasteiger partial charge on any atom is 0.325 e. The van der Waals surface area contributed by atoms with E-state index in [4.69, 9.17) is 5.11 Å². The molecule has 1 fully saturated rings. The fourth-order valence-electron chi connectivity index (χ4n) is 3.33. The largest absolute Gasteiger partial charge is 0.480 e. The molecular formula is C18H24N4O2. The first-order valence-corrected chi connectivity index (χ1v) is 8.50. The van der Waals surface area contributed by atoms with Crippen molar-refractivity contribution in [1.29, 1.82) is 0 Å². The van der Waals surface area contributed by atoms with E-state index in [9.17, 15) is 4.79 Å². The Hall–Kier alpha value is -2.21. The van der Waals surface area contributed by atoms with Crippen molar-refractivity contribution in [2.75, 3.05) is 19.6 Å². The second kappa shape index (κ2) is 7.57. The predicted octanol–water partition coefficient (Wildman–Crippen LogP) is 2.09. The van der Waals surface area contributed by atoms with E-state index in [0.29, 0.717) is 5.92 Å². The molecule has 1 saturated heterocycles. The molecule has 6 nitrogen and oxygen atoms in total. The Morgan fingerprint density at radius 1 is 1.38 bits per heavy atom. The van der Waals surface area contributed by atoms with Crippen LogP contribution in [-0.4, -0.2) is 50.4 Å². The minimum absolute atomic E-state index is 0.0739. The third kappa shape index (κ3) is 4.41. The number of carboxylic acid groups (broad SMARTS) is 1. The molecule has 1 aliphatic rings. The number of aryl methyl sites for hydroxylation is 1. The highest BCUT2D eigenvalue weighted by Gasteiger charge is 2.23. The van der Waals surface area contributed by atoms with Gasteiger partial charge in [-0.15, -0.1) is 0 Å². The van der Waals surface area contributed by atoms with Gasteiger partial charge in [0.05, 0.1) is 5.69 Å². The lowest BCUT2D eigenvalue weighted by atomic mass is 9.95. The predicted molar refractivity (Wildman–Crippen MR) is 91.0 cm³/mol. The molecule has 128 valence electrons. The summed E-state index contributed by atoms with van der Waals surface area (Å²) < 4.78 is 1.51. The summed E-state index contributed by atoms with van der Waals surface area (Å²) in [6.45, 7) is 5.04. The Balaban J connectivity index is 1.56. The van der Waals surface area contributed by atoms with Gasteiger partial charge in [0.15, 0.2) is 0 Å². The molecule has 0 amide bonds. The van der Waals surface area contributed by atoms with Crippen LogP contribution in [0.15, 0.2) is 30.5 Å². The second-order valence-corrected chi connectivity index (χ2v) is 6.49. The molecule has 0 unspecified atom stereocenters. The van der Waals surface area contributed by atoms with Crippen molar-refractivity contribution >= 4 is 5.97 Å². The molecule has 0 aromatic carbocycles. The smallest absolute Gasteiger partial charge is 0.325 e. The topological polar surface area (TPSA) is 71.2 Å². The molecular weight excluding hydrogens is 304 g/mol. The zero-order valence-corrected chi connectivity index (χ0v) is 14.1. The molecule has 6 heteroatoms. The van der Waals surface area contributed by atoms with Gasteiger partial charge in [-0.25, -0.2) is 0 Å². The molecule has 1 aliphatic heterocycles. The summed E-state index contributed by atoms with van der Waals surface area (Å²) >= 11 is 0. The van der Waals surface area contributed by atoms with E-state index in [0.717, 1.165) is 56.0 Å². The molecule has 0 aliphatic carbocycles. The van der Waals surface area contributed by atoms with Crippen LogP contribution in [0.5, 0.6) is 0 Å². The number of piperidine rings is 1. The SMILES string of the molecule is Cc1cccc(CCN2CCC[C@H](c3ccn(CC(=O)O)n3)C2)n1. The second-order valence-electron chi connectivity index (χ2n) is 6.49. The van der Waals surface area contributed by atoms with Crippen LogP contribution in [0.25, 0.3) is 0 Å². The summed E-state index contributed by atoms with van der Waals surface area (Å²) in [6, 6.07) is 8.13. The van der Waals surface area contributed by atoms with Gasteiger partial charge in [0, 0.05) is 43.0 Å². The minimum atomic E-state index is -0.861. The molecule has 3 rings (SSSR count). The lowest BCUT2D eigenvalue weighted by Crippen LogP contribution is -2.36. The third-order valence-electron chi connectivity index (χ3n) is 4.51. The monoisotopic (exact) mass is 328 g/mol. The van der Waals surface area contributed by atoms with Gasteiger partial charge in [-0.2, -0.15) is 5.10 Å². The minimum Gasteiger partial charge on any atom is -0.480 e. The molecule has 1 atom stereocenters. The first-order valence-electron chi connectivity index (χ1n) is 8.50. The Morgan fingerprint density at radius 2 is 2.25 bits per heavy atom. The van der Waals surface area contributed by atoms with Crippen molar-refractivity contribution in [2.45, 2.75) is 38.6 Å². The van der Waals surface area contributed by atoms with E-state index in [-0.39, 0.29) is 6.54 Å². The Bertz CT molecular complexity index is 698. The highest BCUT2D eigenvalue weighted by molar-refractivity contribution is 5.66. The van der Waals surface area contributed by atoms with Crippen LogP contribution in [0.1, 0.15) is 35.8 Å². The van der Waals surface area contributed by atoms with E-state index in [1.807, 2.05) is 19.1 Å². The van der Waals surface area contributed by atoms with Crippen molar-refractivity contribution in [1.82, 2.24) is 19.7 Å². The molecule has 24 heavy (non-hydrogen) atoms. The maximum absolute atomic E-state index is 10.8. The number of carbonyl (C=O) groups is 1. The van der Waals surface area contributed by atoms with Gasteiger partial charge in [0.25, 0.3) is 0 Å².